The second-order valence-corrected chi connectivity index (χ2v) is 9.29. The Morgan fingerprint density at radius 2 is 2.03 bits per heavy atom. The average Bonchev–Trinajstić information content (AvgIpc) is 2.76. The Morgan fingerprint density at radius 3 is 2.56 bits per heavy atom. The highest BCUT2D eigenvalue weighted by molar-refractivity contribution is 5.68. The molecule has 2 rings (SSSR count). The lowest BCUT2D eigenvalue weighted by Crippen LogP contribution is -2.46. The quantitative estimate of drug-likeness (QED) is 0.214. The lowest BCUT2D eigenvalue weighted by molar-refractivity contribution is 0.207. The zero-order valence-corrected chi connectivity index (χ0v) is 20.6. The highest BCUT2D eigenvalue weighted by atomic mass is 19.1. The number of hydrogen-bond donors (Lipinski definition) is 2. The molecule has 178 valence electrons. The number of nitrogens with zero attached hydrogens (tertiary/aromatic N) is 3. The van der Waals surface area contributed by atoms with Gasteiger partial charge in [-0.15, -0.1) is 6.58 Å². The molecule has 6 heteroatoms. The number of para-hydroxylation sites is 1. The maximum atomic E-state index is 15.3. The minimum Gasteiger partial charge on any atom is -0.358 e. The number of benzene rings is 1. The SMILES string of the molecule is C=CCC(C)(/C=N\N)CN(/C(=C\CC)N(C)C1CCC(NC)CC1)c1c(C)cccc1F. The Bertz CT molecular complexity index is 777. The van der Waals surface area contributed by atoms with Crippen LogP contribution in [0.1, 0.15) is 57.9 Å². The van der Waals surface area contributed by atoms with Crippen LogP contribution < -0.4 is 16.1 Å². The van der Waals surface area contributed by atoms with Gasteiger partial charge < -0.3 is 21.0 Å². The molecular formula is C26H42FN5. The standard InChI is InChI=1S/C26H42FN5/c1-7-10-24(31(6)22-15-13-21(29-5)14-16-22)32(19-26(4,17-8-2)18-30-28)25-20(3)11-9-12-23(25)27/h8-12,18,21-22,29H,2,7,13-17,19,28H2,1,3-6H3/b24-10-,30-18-. The zero-order valence-electron chi connectivity index (χ0n) is 20.6. The van der Waals surface area contributed by atoms with E-state index in [-0.39, 0.29) is 11.2 Å². The first kappa shape index (κ1) is 25.9. The maximum absolute atomic E-state index is 15.3. The van der Waals surface area contributed by atoms with Gasteiger partial charge in [-0.2, -0.15) is 5.10 Å². The van der Waals surface area contributed by atoms with Crippen LogP contribution in [0.4, 0.5) is 10.1 Å². The number of nitrogens with two attached hydrogens (primary N) is 1. The van der Waals surface area contributed by atoms with Crippen molar-refractivity contribution in [1.29, 1.82) is 0 Å². The van der Waals surface area contributed by atoms with Gasteiger partial charge in [-0.3, -0.25) is 0 Å². The molecule has 5 nitrogen and oxygen atoms in total. The van der Waals surface area contributed by atoms with Crippen molar-refractivity contribution in [2.45, 2.75) is 71.4 Å². The minimum absolute atomic E-state index is 0.218. The van der Waals surface area contributed by atoms with Crippen LogP contribution in [0.2, 0.25) is 0 Å². The molecule has 0 amide bonds. The lowest BCUT2D eigenvalue weighted by atomic mass is 9.86. The van der Waals surface area contributed by atoms with E-state index in [1.54, 1.807) is 18.3 Å². The molecule has 3 N–H and O–H groups in total. The van der Waals surface area contributed by atoms with Crippen LogP contribution in [0.25, 0.3) is 0 Å². The largest absolute Gasteiger partial charge is 0.358 e. The molecule has 1 atom stereocenters. The monoisotopic (exact) mass is 443 g/mol. The highest BCUT2D eigenvalue weighted by Crippen LogP contribution is 2.35. The van der Waals surface area contributed by atoms with Crippen LogP contribution >= 0.6 is 0 Å². The number of allylic oxidation sites excluding steroid dienone is 2. The van der Waals surface area contributed by atoms with Gasteiger partial charge in [0.05, 0.1) is 5.69 Å². The minimum atomic E-state index is -0.386. The number of nitrogens with one attached hydrogen (secondary N) is 1. The van der Waals surface area contributed by atoms with Gasteiger partial charge >= 0.3 is 0 Å². The molecule has 0 heterocycles. The van der Waals surface area contributed by atoms with Gasteiger partial charge in [-0.25, -0.2) is 4.39 Å². The predicted molar refractivity (Wildman–Crippen MR) is 135 cm³/mol. The summed E-state index contributed by atoms with van der Waals surface area (Å²) in [4.78, 5) is 4.48. The normalized spacial score (nSPS) is 21.4. The first-order valence-corrected chi connectivity index (χ1v) is 11.8. The molecular weight excluding hydrogens is 401 g/mol. The van der Waals surface area contributed by atoms with Crippen LogP contribution in [-0.4, -0.2) is 43.8 Å². The van der Waals surface area contributed by atoms with Crippen LogP contribution in [-0.2, 0) is 0 Å². The van der Waals surface area contributed by atoms with Gasteiger partial charge in [0, 0.05) is 37.3 Å². The summed E-state index contributed by atoms with van der Waals surface area (Å²) in [6.45, 7) is 10.7. The Kier molecular flexibility index (Phi) is 9.76. The Labute approximate surface area is 194 Å². The fourth-order valence-corrected chi connectivity index (χ4v) is 4.83. The number of aryl methyl sites for hydroxylation is 1. The Morgan fingerprint density at radius 1 is 1.34 bits per heavy atom. The molecule has 1 aliphatic carbocycles. The summed E-state index contributed by atoms with van der Waals surface area (Å²) in [6, 6.07) is 6.27. The topological polar surface area (TPSA) is 56.9 Å². The third-order valence-corrected chi connectivity index (χ3v) is 6.65. The summed E-state index contributed by atoms with van der Waals surface area (Å²) < 4.78 is 15.3. The molecule has 0 bridgehead atoms. The Hall–Kier alpha value is -2.34. The smallest absolute Gasteiger partial charge is 0.147 e. The molecule has 0 spiro atoms. The highest BCUT2D eigenvalue weighted by Gasteiger charge is 2.32. The van der Waals surface area contributed by atoms with Crippen molar-refractivity contribution in [3.8, 4) is 0 Å². The first-order valence-electron chi connectivity index (χ1n) is 11.8. The predicted octanol–water partition coefficient (Wildman–Crippen LogP) is 5.18. The molecule has 1 aromatic carbocycles. The number of rotatable bonds is 11. The van der Waals surface area contributed by atoms with Crippen LogP contribution in [0.5, 0.6) is 0 Å². The summed E-state index contributed by atoms with van der Waals surface area (Å²) in [5, 5.41) is 7.25. The van der Waals surface area contributed by atoms with Gasteiger partial charge in [-0.05, 0) is 70.2 Å². The second kappa shape index (κ2) is 12.0. The molecule has 1 aromatic rings. The first-order chi connectivity index (χ1) is 15.3. The van der Waals surface area contributed by atoms with E-state index in [4.69, 9.17) is 5.84 Å². The summed E-state index contributed by atoms with van der Waals surface area (Å²) >= 11 is 0. The number of halogens is 1. The molecule has 1 saturated carbocycles. The van der Waals surface area contributed by atoms with Crippen molar-refractivity contribution in [2.75, 3.05) is 25.5 Å². The van der Waals surface area contributed by atoms with Crippen LogP contribution in [0, 0.1) is 18.2 Å². The summed E-state index contributed by atoms with van der Waals surface area (Å²) in [5.41, 5.74) is 1.14. The van der Waals surface area contributed by atoms with Crippen molar-refractivity contribution in [1.82, 2.24) is 10.2 Å². The molecule has 1 aliphatic rings. The molecule has 0 radical (unpaired) electrons. The molecule has 0 aromatic heterocycles. The van der Waals surface area contributed by atoms with Gasteiger partial charge in [0.15, 0.2) is 0 Å². The van der Waals surface area contributed by atoms with Crippen molar-refractivity contribution in [2.24, 2.45) is 16.4 Å². The van der Waals surface area contributed by atoms with Crippen molar-refractivity contribution >= 4 is 11.9 Å². The molecule has 0 saturated heterocycles. The average molecular weight is 444 g/mol. The number of hydrazone groups is 1. The maximum Gasteiger partial charge on any atom is 0.147 e. The van der Waals surface area contributed by atoms with Gasteiger partial charge in [0.1, 0.15) is 11.6 Å². The number of hydrogen-bond acceptors (Lipinski definition) is 5. The number of anilines is 1. The van der Waals surface area contributed by atoms with Gasteiger partial charge in [0.25, 0.3) is 0 Å². The second-order valence-electron chi connectivity index (χ2n) is 9.29. The Balaban J connectivity index is 2.51. The van der Waals surface area contributed by atoms with Gasteiger partial charge in [0.2, 0.25) is 0 Å². The summed E-state index contributed by atoms with van der Waals surface area (Å²) in [5.74, 6) is 6.39. The van der Waals surface area contributed by atoms with E-state index in [0.29, 0.717) is 30.7 Å². The van der Waals surface area contributed by atoms with E-state index >= 15 is 4.39 Å². The van der Waals surface area contributed by atoms with Crippen LogP contribution in [0.3, 0.4) is 0 Å². The van der Waals surface area contributed by atoms with E-state index < -0.39 is 0 Å². The van der Waals surface area contributed by atoms with E-state index in [9.17, 15) is 0 Å². The summed E-state index contributed by atoms with van der Waals surface area (Å²) in [7, 11) is 4.19. The molecule has 32 heavy (non-hydrogen) atoms. The fraction of sp³-hybridized carbons (Fsp3) is 0.577. The zero-order chi connectivity index (χ0) is 23.7. The third kappa shape index (κ3) is 6.35. The molecule has 1 unspecified atom stereocenters. The third-order valence-electron chi connectivity index (χ3n) is 6.65. The summed E-state index contributed by atoms with van der Waals surface area (Å²) in [6.07, 6.45) is 11.9. The fourth-order valence-electron chi connectivity index (χ4n) is 4.83. The van der Waals surface area contributed by atoms with Gasteiger partial charge in [-0.1, -0.05) is 32.1 Å². The van der Waals surface area contributed by atoms with E-state index in [1.165, 1.54) is 0 Å². The molecule has 1 fully saturated rings. The van der Waals surface area contributed by atoms with Crippen molar-refractivity contribution in [3.05, 3.63) is 54.1 Å². The van der Waals surface area contributed by atoms with E-state index in [2.05, 4.69) is 53.8 Å². The van der Waals surface area contributed by atoms with Crippen molar-refractivity contribution < 1.29 is 4.39 Å². The lowest BCUT2D eigenvalue weighted by Gasteiger charge is -2.44. The van der Waals surface area contributed by atoms with Crippen molar-refractivity contribution in [3.63, 3.8) is 0 Å². The van der Waals surface area contributed by atoms with Crippen LogP contribution in [0.15, 0.2) is 47.9 Å². The van der Waals surface area contributed by atoms with E-state index in [1.807, 2.05) is 26.1 Å². The van der Waals surface area contributed by atoms with E-state index in [0.717, 1.165) is 43.5 Å². The molecule has 0 aliphatic heterocycles.